The molecule has 4 rings (SSSR count). The van der Waals surface area contributed by atoms with Crippen LogP contribution >= 0.6 is 34.0 Å². The van der Waals surface area contributed by atoms with Crippen LogP contribution in [-0.4, -0.2) is 0 Å². The number of thiophene rings is 3. The van der Waals surface area contributed by atoms with E-state index in [9.17, 15) is 0 Å². The second-order valence-electron chi connectivity index (χ2n) is 8.49. The molecule has 0 unspecified atom stereocenters. The van der Waals surface area contributed by atoms with E-state index in [4.69, 9.17) is 5.73 Å². The van der Waals surface area contributed by atoms with Gasteiger partial charge in [0.1, 0.15) is 0 Å². The minimum atomic E-state index is -0.296. The molecule has 4 aromatic rings. The van der Waals surface area contributed by atoms with Crippen molar-refractivity contribution in [2.24, 2.45) is 5.73 Å². The summed E-state index contributed by atoms with van der Waals surface area (Å²) in [5.41, 5.74) is 6.32. The molecule has 4 heteroatoms. The average Bonchev–Trinajstić information content (AvgIpc) is 3.19. The van der Waals surface area contributed by atoms with E-state index >= 15 is 0 Å². The van der Waals surface area contributed by atoms with Crippen LogP contribution in [0.5, 0.6) is 0 Å². The predicted octanol–water partition coefficient (Wildman–Crippen LogP) is 7.38. The molecule has 0 radical (unpaired) electrons. The number of hydrogen-bond donors (Lipinski definition) is 1. The van der Waals surface area contributed by atoms with Gasteiger partial charge in [0, 0.05) is 41.0 Å². The Labute approximate surface area is 161 Å². The summed E-state index contributed by atoms with van der Waals surface area (Å²) < 4.78 is 4.31. The topological polar surface area (TPSA) is 26.0 Å². The highest BCUT2D eigenvalue weighted by molar-refractivity contribution is 7.29. The molecule has 0 fully saturated rings. The van der Waals surface area contributed by atoms with E-state index in [0.29, 0.717) is 0 Å². The summed E-state index contributed by atoms with van der Waals surface area (Å²) in [4.78, 5) is 4.20. The minimum Gasteiger partial charge on any atom is -0.321 e. The monoisotopic (exact) mass is 387 g/mol. The van der Waals surface area contributed by atoms with Crippen molar-refractivity contribution in [2.45, 2.75) is 58.9 Å². The molecule has 3 heterocycles. The summed E-state index contributed by atoms with van der Waals surface area (Å²) in [6.45, 7) is 13.4. The van der Waals surface area contributed by atoms with E-state index < -0.39 is 0 Å². The van der Waals surface area contributed by atoms with E-state index in [0.717, 1.165) is 6.42 Å². The number of rotatable bonds is 2. The van der Waals surface area contributed by atoms with Crippen molar-refractivity contribution >= 4 is 64.3 Å². The molecule has 0 bridgehead atoms. The van der Waals surface area contributed by atoms with E-state index in [2.05, 4.69) is 59.7 Å². The zero-order chi connectivity index (χ0) is 18.1. The molecule has 0 aliphatic rings. The maximum Gasteiger partial charge on any atom is 0.0538 e. The molecule has 1 nitrogen and oxygen atoms in total. The van der Waals surface area contributed by atoms with Crippen LogP contribution in [0, 0.1) is 0 Å². The lowest BCUT2D eigenvalue weighted by molar-refractivity contribution is 0.567. The first kappa shape index (κ1) is 17.5. The minimum absolute atomic E-state index is 0.181. The van der Waals surface area contributed by atoms with Crippen LogP contribution in [0.3, 0.4) is 0 Å². The molecule has 0 spiro atoms. The van der Waals surface area contributed by atoms with Crippen LogP contribution in [0.25, 0.3) is 30.3 Å². The van der Waals surface area contributed by atoms with Gasteiger partial charge in [-0.2, -0.15) is 0 Å². The Morgan fingerprint density at radius 2 is 1.32 bits per heavy atom. The summed E-state index contributed by atoms with van der Waals surface area (Å²) in [5.74, 6) is 0. The Balaban J connectivity index is 2.19. The second kappa shape index (κ2) is 5.53. The fourth-order valence-corrected chi connectivity index (χ4v) is 6.96. The highest BCUT2D eigenvalue weighted by Gasteiger charge is 2.24. The average molecular weight is 388 g/mol. The Kier molecular flexibility index (Phi) is 3.86. The first-order valence-electron chi connectivity index (χ1n) is 8.81. The van der Waals surface area contributed by atoms with E-state index in [1.165, 1.54) is 44.9 Å². The Morgan fingerprint density at radius 3 is 1.92 bits per heavy atom. The number of benzene rings is 1. The van der Waals surface area contributed by atoms with Crippen molar-refractivity contribution in [3.63, 3.8) is 0 Å². The smallest absolute Gasteiger partial charge is 0.0538 e. The zero-order valence-electron chi connectivity index (χ0n) is 15.7. The highest BCUT2D eigenvalue weighted by atomic mass is 32.1. The van der Waals surface area contributed by atoms with Gasteiger partial charge < -0.3 is 5.73 Å². The van der Waals surface area contributed by atoms with Gasteiger partial charge in [0.15, 0.2) is 0 Å². The maximum atomic E-state index is 6.43. The molecule has 0 saturated carbocycles. The van der Waals surface area contributed by atoms with Gasteiger partial charge in [-0.15, -0.1) is 34.0 Å². The molecule has 0 aliphatic heterocycles. The van der Waals surface area contributed by atoms with Crippen molar-refractivity contribution in [3.05, 3.63) is 32.8 Å². The second-order valence-corrected chi connectivity index (χ2v) is 11.7. The lowest BCUT2D eigenvalue weighted by Crippen LogP contribution is -2.27. The fraction of sp³-hybridized carbons (Fsp3) is 0.429. The van der Waals surface area contributed by atoms with Gasteiger partial charge in [-0.05, 0) is 43.9 Å². The molecule has 0 atom stereocenters. The summed E-state index contributed by atoms with van der Waals surface area (Å²) >= 11 is 5.81. The Bertz CT molecular complexity index is 1010. The Hall–Kier alpha value is -0.940. The van der Waals surface area contributed by atoms with Crippen LogP contribution in [0.2, 0.25) is 0 Å². The molecular formula is C21H25NS3. The summed E-state index contributed by atoms with van der Waals surface area (Å²) in [5, 5.41) is 4.24. The standard InChI is InChI=1S/C21H25NS3/c1-7-11-8-12-13-9-16(21(5,6)22)25-18(13)19-14(17(12)23-11)10-15(24-19)20(2,3)4/h8-10H,7,22H2,1-6H3. The number of aryl methyl sites for hydroxylation is 1. The molecule has 0 amide bonds. The van der Waals surface area contributed by atoms with Gasteiger partial charge in [-0.3, -0.25) is 0 Å². The summed E-state index contributed by atoms with van der Waals surface area (Å²) in [6, 6.07) is 7.17. The fourth-order valence-electron chi connectivity index (χ4n) is 3.19. The maximum absolute atomic E-state index is 6.43. The van der Waals surface area contributed by atoms with Crippen LogP contribution in [0.1, 0.15) is 56.2 Å². The summed E-state index contributed by atoms with van der Waals surface area (Å²) in [6.07, 6.45) is 1.10. The van der Waals surface area contributed by atoms with Crippen molar-refractivity contribution in [3.8, 4) is 0 Å². The van der Waals surface area contributed by atoms with Crippen molar-refractivity contribution in [1.82, 2.24) is 0 Å². The van der Waals surface area contributed by atoms with E-state index in [1.807, 2.05) is 34.0 Å². The first-order chi connectivity index (χ1) is 11.6. The van der Waals surface area contributed by atoms with Crippen LogP contribution in [0.15, 0.2) is 18.2 Å². The predicted molar refractivity (Wildman–Crippen MR) is 118 cm³/mol. The van der Waals surface area contributed by atoms with E-state index in [-0.39, 0.29) is 11.0 Å². The molecule has 0 saturated heterocycles. The van der Waals surface area contributed by atoms with Crippen molar-refractivity contribution < 1.29 is 0 Å². The first-order valence-corrected chi connectivity index (χ1v) is 11.3. The van der Waals surface area contributed by atoms with Gasteiger partial charge in [-0.25, -0.2) is 0 Å². The lowest BCUT2D eigenvalue weighted by Gasteiger charge is -2.15. The zero-order valence-corrected chi connectivity index (χ0v) is 18.2. The third-order valence-corrected chi connectivity index (χ3v) is 9.22. The van der Waals surface area contributed by atoms with Crippen LogP contribution < -0.4 is 5.73 Å². The largest absolute Gasteiger partial charge is 0.321 e. The number of hydrogen-bond acceptors (Lipinski definition) is 4. The Morgan fingerprint density at radius 1 is 0.760 bits per heavy atom. The molecule has 25 heavy (non-hydrogen) atoms. The SMILES string of the molecule is CCc1cc2c3cc(C(C)(C)N)sc3c3sc(C(C)(C)C)cc3c2s1. The molecule has 1 aromatic carbocycles. The van der Waals surface area contributed by atoms with Gasteiger partial charge >= 0.3 is 0 Å². The van der Waals surface area contributed by atoms with Crippen molar-refractivity contribution in [2.75, 3.05) is 0 Å². The van der Waals surface area contributed by atoms with Crippen molar-refractivity contribution in [1.29, 1.82) is 0 Å². The van der Waals surface area contributed by atoms with Gasteiger partial charge in [0.05, 0.1) is 9.40 Å². The van der Waals surface area contributed by atoms with Crippen LogP contribution in [0.4, 0.5) is 0 Å². The number of fused-ring (bicyclic) bond motifs is 6. The normalized spacial score (nSPS) is 13.6. The highest BCUT2D eigenvalue weighted by Crippen LogP contribution is 2.48. The molecular weight excluding hydrogens is 362 g/mol. The van der Waals surface area contributed by atoms with Crippen LogP contribution in [-0.2, 0) is 17.4 Å². The lowest BCUT2D eigenvalue weighted by atomic mass is 9.94. The molecule has 3 aromatic heterocycles. The van der Waals surface area contributed by atoms with Gasteiger partial charge in [-0.1, -0.05) is 27.7 Å². The summed E-state index contributed by atoms with van der Waals surface area (Å²) in [7, 11) is 0. The molecule has 0 aliphatic carbocycles. The third-order valence-electron chi connectivity index (χ3n) is 4.71. The van der Waals surface area contributed by atoms with E-state index in [1.54, 1.807) is 0 Å². The third kappa shape index (κ3) is 2.74. The quantitative estimate of drug-likeness (QED) is 0.381. The van der Waals surface area contributed by atoms with Gasteiger partial charge in [0.25, 0.3) is 0 Å². The van der Waals surface area contributed by atoms with Gasteiger partial charge in [0.2, 0.25) is 0 Å². The molecule has 2 N–H and O–H groups in total. The number of nitrogens with two attached hydrogens (primary N) is 1. The molecule has 132 valence electrons.